The van der Waals surface area contributed by atoms with Crippen molar-refractivity contribution in [2.24, 2.45) is 0 Å². The van der Waals surface area contributed by atoms with Crippen molar-refractivity contribution < 1.29 is 19.2 Å². The van der Waals surface area contributed by atoms with E-state index in [1.54, 1.807) is 11.3 Å². The lowest BCUT2D eigenvalue weighted by molar-refractivity contribution is 0.275. The van der Waals surface area contributed by atoms with Crippen LogP contribution in [0.1, 0.15) is 0 Å². The summed E-state index contributed by atoms with van der Waals surface area (Å²) in [5.74, 6) is 0. The molecule has 1 aromatic heterocycles. The quantitative estimate of drug-likeness (QED) is 0.687. The molecule has 0 bridgehead atoms. The summed E-state index contributed by atoms with van der Waals surface area (Å²) in [6, 6.07) is 14.6. The van der Waals surface area contributed by atoms with Crippen LogP contribution in [-0.2, 0) is 4.57 Å². The Balaban J connectivity index is 0.000000221. The maximum absolute atomic E-state index is 8.88. The fraction of sp³-hybridized carbons (Fsp3) is 0. The topological polar surface area (TPSA) is 77.8 Å². The molecule has 0 fully saturated rings. The molecular formula is C10H11O4PS. The lowest BCUT2D eigenvalue weighted by Crippen LogP contribution is -1.67. The lowest BCUT2D eigenvalue weighted by atomic mass is 10.2. The zero-order valence-corrected chi connectivity index (χ0v) is 9.94. The van der Waals surface area contributed by atoms with Crippen molar-refractivity contribution in [3.05, 3.63) is 47.8 Å². The van der Waals surface area contributed by atoms with E-state index in [0.717, 1.165) is 0 Å². The van der Waals surface area contributed by atoms with Crippen molar-refractivity contribution in [2.75, 3.05) is 0 Å². The molecule has 6 heteroatoms. The van der Waals surface area contributed by atoms with Gasteiger partial charge in [0.1, 0.15) is 0 Å². The molecule has 2 rings (SSSR count). The van der Waals surface area contributed by atoms with Gasteiger partial charge in [0, 0.05) is 4.88 Å². The Labute approximate surface area is 97.1 Å². The van der Waals surface area contributed by atoms with Crippen molar-refractivity contribution in [2.45, 2.75) is 0 Å². The van der Waals surface area contributed by atoms with Crippen molar-refractivity contribution >= 4 is 19.2 Å². The molecule has 0 spiro atoms. The van der Waals surface area contributed by atoms with Crippen LogP contribution in [0.15, 0.2) is 47.8 Å². The molecule has 0 amide bonds. The van der Waals surface area contributed by atoms with Gasteiger partial charge in [-0.25, -0.2) is 4.57 Å². The first-order valence-electron chi connectivity index (χ1n) is 4.34. The number of hydrogen-bond donors (Lipinski definition) is 3. The van der Waals surface area contributed by atoms with E-state index in [1.807, 2.05) is 6.07 Å². The van der Waals surface area contributed by atoms with Gasteiger partial charge in [-0.1, -0.05) is 36.4 Å². The fourth-order valence-electron chi connectivity index (χ4n) is 1.05. The molecule has 86 valence electrons. The Bertz CT molecular complexity index is 441. The maximum atomic E-state index is 8.88. The molecule has 0 saturated carbocycles. The summed E-state index contributed by atoms with van der Waals surface area (Å²) in [7, 11) is -4.64. The van der Waals surface area contributed by atoms with E-state index in [4.69, 9.17) is 19.2 Å². The Kier molecular flexibility index (Phi) is 4.86. The van der Waals surface area contributed by atoms with Gasteiger partial charge in [-0.3, -0.25) is 0 Å². The number of thiophene rings is 1. The highest BCUT2D eigenvalue weighted by Gasteiger charge is 2.00. The smallest absolute Gasteiger partial charge is 0.303 e. The van der Waals surface area contributed by atoms with E-state index in [0.29, 0.717) is 0 Å². The fourth-order valence-corrected chi connectivity index (χ4v) is 1.78. The first kappa shape index (κ1) is 13.1. The van der Waals surface area contributed by atoms with Crippen LogP contribution in [0.25, 0.3) is 10.4 Å². The molecule has 16 heavy (non-hydrogen) atoms. The average molecular weight is 258 g/mol. The van der Waals surface area contributed by atoms with Gasteiger partial charge in [0.2, 0.25) is 0 Å². The van der Waals surface area contributed by atoms with Gasteiger partial charge in [-0.2, -0.15) is 0 Å². The minimum Gasteiger partial charge on any atom is -0.303 e. The van der Waals surface area contributed by atoms with Gasteiger partial charge in [-0.15, -0.1) is 11.3 Å². The zero-order valence-electron chi connectivity index (χ0n) is 8.22. The molecule has 0 radical (unpaired) electrons. The van der Waals surface area contributed by atoms with Crippen LogP contribution in [0.4, 0.5) is 0 Å². The van der Waals surface area contributed by atoms with Crippen molar-refractivity contribution in [3.8, 4) is 10.4 Å². The van der Waals surface area contributed by atoms with E-state index >= 15 is 0 Å². The van der Waals surface area contributed by atoms with Crippen LogP contribution in [0.3, 0.4) is 0 Å². The van der Waals surface area contributed by atoms with E-state index in [9.17, 15) is 0 Å². The summed E-state index contributed by atoms with van der Waals surface area (Å²) in [5.41, 5.74) is 1.31. The molecule has 0 unspecified atom stereocenters. The second kappa shape index (κ2) is 5.94. The van der Waals surface area contributed by atoms with Crippen LogP contribution < -0.4 is 0 Å². The minimum absolute atomic E-state index is 1.31. The molecule has 4 nitrogen and oxygen atoms in total. The van der Waals surface area contributed by atoms with E-state index in [-0.39, 0.29) is 0 Å². The molecular weight excluding hydrogens is 247 g/mol. The van der Waals surface area contributed by atoms with E-state index < -0.39 is 7.82 Å². The molecule has 0 saturated heterocycles. The van der Waals surface area contributed by atoms with Gasteiger partial charge < -0.3 is 14.7 Å². The first-order chi connectivity index (χ1) is 7.47. The lowest BCUT2D eigenvalue weighted by Gasteiger charge is -1.93. The van der Waals surface area contributed by atoms with Crippen LogP contribution in [-0.4, -0.2) is 14.7 Å². The Morgan fingerprint density at radius 2 is 1.50 bits per heavy atom. The van der Waals surface area contributed by atoms with Gasteiger partial charge in [0.15, 0.2) is 0 Å². The van der Waals surface area contributed by atoms with Gasteiger partial charge in [0.05, 0.1) is 0 Å². The van der Waals surface area contributed by atoms with Crippen LogP contribution in [0.2, 0.25) is 0 Å². The summed E-state index contributed by atoms with van der Waals surface area (Å²) in [4.78, 5) is 22.9. The summed E-state index contributed by atoms with van der Waals surface area (Å²) >= 11 is 1.78. The minimum atomic E-state index is -4.64. The first-order valence-corrected chi connectivity index (χ1v) is 6.78. The highest BCUT2D eigenvalue weighted by molar-refractivity contribution is 7.45. The second-order valence-electron chi connectivity index (χ2n) is 2.86. The van der Waals surface area contributed by atoms with Crippen molar-refractivity contribution in [1.82, 2.24) is 0 Å². The van der Waals surface area contributed by atoms with E-state index in [2.05, 4.69) is 41.8 Å². The zero-order chi connectivity index (χ0) is 12.0. The Morgan fingerprint density at radius 3 is 1.94 bits per heavy atom. The Morgan fingerprint density at radius 1 is 0.938 bits per heavy atom. The summed E-state index contributed by atoms with van der Waals surface area (Å²) in [5, 5.41) is 2.10. The van der Waals surface area contributed by atoms with Crippen molar-refractivity contribution in [1.29, 1.82) is 0 Å². The monoisotopic (exact) mass is 258 g/mol. The number of benzene rings is 1. The number of hydrogen-bond acceptors (Lipinski definition) is 2. The van der Waals surface area contributed by atoms with Crippen LogP contribution in [0, 0.1) is 0 Å². The standard InChI is InChI=1S/C10H8S.H3O4P/c1-2-5-9(6-3-1)10-7-4-8-11-10;1-5(2,3)4/h1-8H;(H3,1,2,3,4). The molecule has 3 N–H and O–H groups in total. The number of rotatable bonds is 1. The molecule has 1 heterocycles. The predicted octanol–water partition coefficient (Wildman–Crippen LogP) is 2.49. The highest BCUT2D eigenvalue weighted by atomic mass is 32.1. The summed E-state index contributed by atoms with van der Waals surface area (Å²) in [6.45, 7) is 0. The summed E-state index contributed by atoms with van der Waals surface area (Å²) < 4.78 is 8.88. The summed E-state index contributed by atoms with van der Waals surface area (Å²) in [6.07, 6.45) is 0. The molecule has 0 atom stereocenters. The molecule has 1 aromatic carbocycles. The van der Waals surface area contributed by atoms with E-state index in [1.165, 1.54) is 10.4 Å². The number of phosphoric acid groups is 1. The molecule has 0 aliphatic heterocycles. The van der Waals surface area contributed by atoms with Gasteiger partial charge in [0.25, 0.3) is 0 Å². The third-order valence-corrected chi connectivity index (χ3v) is 2.50. The van der Waals surface area contributed by atoms with Crippen molar-refractivity contribution in [3.63, 3.8) is 0 Å². The molecule has 0 aliphatic rings. The molecule has 2 aromatic rings. The largest absolute Gasteiger partial charge is 0.466 e. The van der Waals surface area contributed by atoms with Gasteiger partial charge in [-0.05, 0) is 17.0 Å². The third kappa shape index (κ3) is 5.80. The SMILES string of the molecule is O=P(O)(O)O.c1ccc(-c2cccs2)cc1. The predicted molar refractivity (Wildman–Crippen MR) is 64.0 cm³/mol. The third-order valence-electron chi connectivity index (χ3n) is 1.58. The highest BCUT2D eigenvalue weighted by Crippen LogP contribution is 2.25. The molecule has 0 aliphatic carbocycles. The Hall–Kier alpha value is -0.970. The second-order valence-corrected chi connectivity index (χ2v) is 4.83. The normalized spacial score (nSPS) is 10.4. The van der Waals surface area contributed by atoms with Crippen LogP contribution in [0.5, 0.6) is 0 Å². The van der Waals surface area contributed by atoms with Gasteiger partial charge >= 0.3 is 7.82 Å². The average Bonchev–Trinajstić information content (AvgIpc) is 2.69. The maximum Gasteiger partial charge on any atom is 0.466 e. The van der Waals surface area contributed by atoms with Crippen LogP contribution >= 0.6 is 19.2 Å².